The van der Waals surface area contributed by atoms with Gasteiger partial charge in [0, 0.05) is 0 Å². The molecule has 1 aliphatic rings. The molecule has 0 radical (unpaired) electrons. The van der Waals surface area contributed by atoms with E-state index in [9.17, 15) is 4.79 Å². The summed E-state index contributed by atoms with van der Waals surface area (Å²) in [6, 6.07) is -0.346. The van der Waals surface area contributed by atoms with Crippen LogP contribution < -0.4 is 5.32 Å². The van der Waals surface area contributed by atoms with Crippen molar-refractivity contribution in [1.29, 1.82) is 0 Å². The molecule has 0 aromatic heterocycles. The number of hydrogen-bond acceptors (Lipinski definition) is 2. The van der Waals surface area contributed by atoms with Gasteiger partial charge in [-0.25, -0.2) is 0 Å². The summed E-state index contributed by atoms with van der Waals surface area (Å²) in [6.45, 7) is 5.04. The minimum Gasteiger partial charge on any atom is -0.480 e. The van der Waals surface area contributed by atoms with Gasteiger partial charge in [-0.3, -0.25) is 4.79 Å². The molecule has 0 amide bonds. The Labute approximate surface area is 79.5 Å². The first-order valence-electron chi connectivity index (χ1n) is 5.06. The van der Waals surface area contributed by atoms with Gasteiger partial charge in [0.2, 0.25) is 0 Å². The van der Waals surface area contributed by atoms with Crippen LogP contribution in [0, 0.1) is 5.41 Å². The molecular formula is C10H19NO2. The van der Waals surface area contributed by atoms with E-state index in [1.807, 2.05) is 0 Å². The van der Waals surface area contributed by atoms with Crippen LogP contribution in [0.2, 0.25) is 0 Å². The molecule has 0 spiro atoms. The van der Waals surface area contributed by atoms with Crippen molar-refractivity contribution in [3.63, 3.8) is 0 Å². The summed E-state index contributed by atoms with van der Waals surface area (Å²) in [5, 5.41) is 12.1. The normalized spacial score (nSPS) is 34.5. The highest BCUT2D eigenvalue weighted by Gasteiger charge is 2.39. The zero-order valence-corrected chi connectivity index (χ0v) is 8.47. The summed E-state index contributed by atoms with van der Waals surface area (Å²) >= 11 is 0. The highest BCUT2D eigenvalue weighted by atomic mass is 16.4. The standard InChI is InChI=1S/C10H19NO2/c1-3-5-10(2)6-4-7-11-8(10)9(12)13/h8,11H,3-7H2,1-2H3,(H,12,13). The molecule has 2 atom stereocenters. The number of nitrogens with one attached hydrogen (secondary N) is 1. The Balaban J connectivity index is 2.70. The van der Waals surface area contributed by atoms with Gasteiger partial charge >= 0.3 is 5.97 Å². The van der Waals surface area contributed by atoms with Crippen LogP contribution in [0.1, 0.15) is 39.5 Å². The van der Waals surface area contributed by atoms with Crippen LogP contribution in [0.3, 0.4) is 0 Å². The van der Waals surface area contributed by atoms with E-state index in [1.54, 1.807) is 0 Å². The summed E-state index contributed by atoms with van der Waals surface area (Å²) in [6.07, 6.45) is 4.18. The van der Waals surface area contributed by atoms with Crippen LogP contribution in [0.4, 0.5) is 0 Å². The lowest BCUT2D eigenvalue weighted by atomic mass is 9.72. The molecule has 0 saturated carbocycles. The smallest absolute Gasteiger partial charge is 0.321 e. The van der Waals surface area contributed by atoms with E-state index < -0.39 is 5.97 Å². The lowest BCUT2D eigenvalue weighted by molar-refractivity contribution is -0.144. The maximum Gasteiger partial charge on any atom is 0.321 e. The number of carboxylic acids is 1. The minimum atomic E-state index is -0.698. The molecule has 0 bridgehead atoms. The molecular weight excluding hydrogens is 166 g/mol. The molecule has 1 rings (SSSR count). The second-order valence-electron chi connectivity index (χ2n) is 4.23. The van der Waals surface area contributed by atoms with Crippen molar-refractivity contribution < 1.29 is 9.90 Å². The number of piperidine rings is 1. The first-order chi connectivity index (χ1) is 6.10. The van der Waals surface area contributed by atoms with E-state index in [0.29, 0.717) is 0 Å². The summed E-state index contributed by atoms with van der Waals surface area (Å²) < 4.78 is 0. The number of rotatable bonds is 3. The average molecular weight is 185 g/mol. The second-order valence-corrected chi connectivity index (χ2v) is 4.23. The van der Waals surface area contributed by atoms with Gasteiger partial charge in [-0.1, -0.05) is 20.3 Å². The molecule has 0 aromatic rings. The Morgan fingerprint density at radius 1 is 1.69 bits per heavy atom. The van der Waals surface area contributed by atoms with Crippen molar-refractivity contribution in [2.75, 3.05) is 6.54 Å². The lowest BCUT2D eigenvalue weighted by Crippen LogP contribution is -2.52. The molecule has 0 aliphatic carbocycles. The molecule has 2 N–H and O–H groups in total. The third-order valence-corrected chi connectivity index (χ3v) is 3.04. The molecule has 1 aliphatic heterocycles. The Morgan fingerprint density at radius 2 is 2.38 bits per heavy atom. The molecule has 1 heterocycles. The van der Waals surface area contributed by atoms with Crippen LogP contribution in [0.15, 0.2) is 0 Å². The van der Waals surface area contributed by atoms with Gasteiger partial charge in [0.05, 0.1) is 0 Å². The predicted molar refractivity (Wildman–Crippen MR) is 51.7 cm³/mol. The fourth-order valence-electron chi connectivity index (χ4n) is 2.36. The topological polar surface area (TPSA) is 49.3 Å². The minimum absolute atomic E-state index is 0.0428. The summed E-state index contributed by atoms with van der Waals surface area (Å²) in [5.41, 5.74) is -0.0428. The predicted octanol–water partition coefficient (Wildman–Crippen LogP) is 1.63. The molecule has 76 valence electrons. The molecule has 3 heteroatoms. The van der Waals surface area contributed by atoms with E-state index in [0.717, 1.165) is 32.2 Å². The van der Waals surface area contributed by atoms with Crippen molar-refractivity contribution in [1.82, 2.24) is 5.32 Å². The summed E-state index contributed by atoms with van der Waals surface area (Å²) in [5.74, 6) is -0.698. The molecule has 1 fully saturated rings. The highest BCUT2D eigenvalue weighted by molar-refractivity contribution is 5.74. The lowest BCUT2D eigenvalue weighted by Gasteiger charge is -2.39. The Hall–Kier alpha value is -0.570. The van der Waals surface area contributed by atoms with E-state index in [4.69, 9.17) is 5.11 Å². The zero-order chi connectivity index (χ0) is 9.90. The summed E-state index contributed by atoms with van der Waals surface area (Å²) in [4.78, 5) is 11.0. The SMILES string of the molecule is CCCC1(C)CCCNC1C(=O)O. The Morgan fingerprint density at radius 3 is 2.92 bits per heavy atom. The third kappa shape index (κ3) is 2.21. The number of carbonyl (C=O) groups is 1. The van der Waals surface area contributed by atoms with Gasteiger partial charge in [-0.15, -0.1) is 0 Å². The first kappa shape index (κ1) is 10.5. The van der Waals surface area contributed by atoms with Crippen LogP contribution >= 0.6 is 0 Å². The van der Waals surface area contributed by atoms with Crippen LogP contribution in [-0.2, 0) is 4.79 Å². The molecule has 2 unspecified atom stereocenters. The van der Waals surface area contributed by atoms with Gasteiger partial charge in [-0.05, 0) is 31.2 Å². The van der Waals surface area contributed by atoms with Crippen LogP contribution in [-0.4, -0.2) is 23.7 Å². The fraction of sp³-hybridized carbons (Fsp3) is 0.900. The van der Waals surface area contributed by atoms with Crippen molar-refractivity contribution in [2.45, 2.75) is 45.6 Å². The van der Waals surface area contributed by atoms with Gasteiger partial charge in [0.1, 0.15) is 6.04 Å². The maximum absolute atomic E-state index is 11.0. The largest absolute Gasteiger partial charge is 0.480 e. The van der Waals surface area contributed by atoms with E-state index >= 15 is 0 Å². The van der Waals surface area contributed by atoms with Crippen LogP contribution in [0.5, 0.6) is 0 Å². The number of hydrogen-bond donors (Lipinski definition) is 2. The Kier molecular flexibility index (Phi) is 3.31. The Bertz CT molecular complexity index is 189. The van der Waals surface area contributed by atoms with Gasteiger partial charge in [0.25, 0.3) is 0 Å². The number of aliphatic carboxylic acids is 1. The van der Waals surface area contributed by atoms with Crippen LogP contribution in [0.25, 0.3) is 0 Å². The highest BCUT2D eigenvalue weighted by Crippen LogP contribution is 2.35. The van der Waals surface area contributed by atoms with Crippen molar-refractivity contribution >= 4 is 5.97 Å². The molecule has 1 saturated heterocycles. The van der Waals surface area contributed by atoms with Crippen molar-refractivity contribution in [2.24, 2.45) is 5.41 Å². The van der Waals surface area contributed by atoms with Gasteiger partial charge < -0.3 is 10.4 Å². The maximum atomic E-state index is 11.0. The quantitative estimate of drug-likeness (QED) is 0.702. The average Bonchev–Trinajstić information content (AvgIpc) is 2.04. The second kappa shape index (κ2) is 4.09. The van der Waals surface area contributed by atoms with Gasteiger partial charge in [-0.2, -0.15) is 0 Å². The fourth-order valence-corrected chi connectivity index (χ4v) is 2.36. The molecule has 3 nitrogen and oxygen atoms in total. The van der Waals surface area contributed by atoms with E-state index in [-0.39, 0.29) is 11.5 Å². The van der Waals surface area contributed by atoms with Crippen molar-refractivity contribution in [3.05, 3.63) is 0 Å². The van der Waals surface area contributed by atoms with Crippen molar-refractivity contribution in [3.8, 4) is 0 Å². The molecule has 13 heavy (non-hydrogen) atoms. The third-order valence-electron chi connectivity index (χ3n) is 3.04. The van der Waals surface area contributed by atoms with Gasteiger partial charge in [0.15, 0.2) is 0 Å². The molecule has 0 aromatic carbocycles. The summed E-state index contributed by atoms with van der Waals surface area (Å²) in [7, 11) is 0. The van der Waals surface area contributed by atoms with E-state index in [1.165, 1.54) is 0 Å². The number of carboxylic acid groups (broad SMARTS) is 1. The first-order valence-corrected chi connectivity index (χ1v) is 5.06. The monoisotopic (exact) mass is 185 g/mol. The zero-order valence-electron chi connectivity index (χ0n) is 8.47. The van der Waals surface area contributed by atoms with E-state index in [2.05, 4.69) is 19.2 Å².